The number of hydrogen-bond donors (Lipinski definition) is 1. The number of rotatable bonds is 4. The molecule has 0 atom stereocenters. The lowest BCUT2D eigenvalue weighted by Crippen LogP contribution is -2.42. The van der Waals surface area contributed by atoms with Gasteiger partial charge >= 0.3 is 0 Å². The maximum Gasteiger partial charge on any atom is 0.265 e. The molecule has 0 aromatic heterocycles. The van der Waals surface area contributed by atoms with Gasteiger partial charge in [0.25, 0.3) is 10.0 Å². The highest BCUT2D eigenvalue weighted by atomic mass is 35.5. The van der Waals surface area contributed by atoms with E-state index in [0.29, 0.717) is 28.4 Å². The second-order valence-electron chi connectivity index (χ2n) is 6.43. The van der Waals surface area contributed by atoms with Crippen molar-refractivity contribution in [1.29, 1.82) is 0 Å². The van der Waals surface area contributed by atoms with Gasteiger partial charge in [0.2, 0.25) is 5.91 Å². The number of carbonyl (C=O) groups is 1. The first-order chi connectivity index (χ1) is 13.5. The zero-order valence-electron chi connectivity index (χ0n) is 14.8. The molecule has 0 aliphatic carbocycles. The number of hydrogen-bond acceptors (Lipinski definition) is 3. The lowest BCUT2D eigenvalue weighted by atomic mass is 10.0. The molecule has 0 radical (unpaired) electrons. The van der Waals surface area contributed by atoms with E-state index in [4.69, 9.17) is 11.6 Å². The monoisotopic (exact) mass is 412 g/mol. The highest BCUT2D eigenvalue weighted by Crippen LogP contribution is 2.43. The molecule has 28 heavy (non-hydrogen) atoms. The van der Waals surface area contributed by atoms with E-state index in [0.717, 1.165) is 9.87 Å². The van der Waals surface area contributed by atoms with Gasteiger partial charge in [-0.15, -0.1) is 0 Å². The summed E-state index contributed by atoms with van der Waals surface area (Å²) in [6, 6.07) is 21.2. The van der Waals surface area contributed by atoms with Crippen molar-refractivity contribution in [3.05, 3.63) is 83.4 Å². The Labute approximate surface area is 168 Å². The maximum absolute atomic E-state index is 13.2. The van der Waals surface area contributed by atoms with Crippen LogP contribution in [-0.2, 0) is 21.4 Å². The number of nitrogens with one attached hydrogen (secondary N) is 1. The van der Waals surface area contributed by atoms with Crippen LogP contribution in [0.4, 0.5) is 5.69 Å². The fourth-order valence-electron chi connectivity index (χ4n) is 3.26. The number of anilines is 1. The van der Waals surface area contributed by atoms with Crippen molar-refractivity contribution in [2.75, 3.05) is 10.8 Å². The van der Waals surface area contributed by atoms with E-state index in [1.807, 2.05) is 30.3 Å². The van der Waals surface area contributed by atoms with Crippen molar-refractivity contribution >= 4 is 33.2 Å². The molecule has 0 unspecified atom stereocenters. The van der Waals surface area contributed by atoms with Gasteiger partial charge in [0.15, 0.2) is 0 Å². The van der Waals surface area contributed by atoms with E-state index >= 15 is 0 Å². The van der Waals surface area contributed by atoms with Crippen LogP contribution in [0.15, 0.2) is 77.7 Å². The molecule has 1 aliphatic rings. The number of nitrogens with zero attached hydrogens (tertiary/aromatic N) is 1. The standard InChI is InChI=1S/C21H17ClN2O3S/c22-16-10-11-19-18(12-16)17-8-4-5-9-20(17)28(26,27)24(19)14-21(25)23-13-15-6-2-1-3-7-15/h1-12H,13-14H2,(H,23,25). The van der Waals surface area contributed by atoms with E-state index in [-0.39, 0.29) is 17.3 Å². The molecule has 3 aromatic carbocycles. The predicted molar refractivity (Wildman–Crippen MR) is 110 cm³/mol. The van der Waals surface area contributed by atoms with Crippen LogP contribution >= 0.6 is 11.6 Å². The van der Waals surface area contributed by atoms with Crippen LogP contribution in [0, 0.1) is 0 Å². The largest absolute Gasteiger partial charge is 0.350 e. The molecular weight excluding hydrogens is 396 g/mol. The normalized spacial score (nSPS) is 14.1. The van der Waals surface area contributed by atoms with Crippen LogP contribution < -0.4 is 9.62 Å². The van der Waals surface area contributed by atoms with Crippen molar-refractivity contribution in [2.45, 2.75) is 11.4 Å². The van der Waals surface area contributed by atoms with Gasteiger partial charge < -0.3 is 5.32 Å². The van der Waals surface area contributed by atoms with E-state index < -0.39 is 10.0 Å². The Morgan fingerprint density at radius 3 is 2.43 bits per heavy atom. The smallest absolute Gasteiger partial charge is 0.265 e. The molecule has 1 N–H and O–H groups in total. The van der Waals surface area contributed by atoms with Gasteiger partial charge in [-0.1, -0.05) is 60.1 Å². The Bertz CT molecular complexity index is 1150. The van der Waals surface area contributed by atoms with Crippen LogP contribution in [0.3, 0.4) is 0 Å². The molecule has 142 valence electrons. The Balaban J connectivity index is 1.66. The molecule has 0 saturated heterocycles. The molecular formula is C21H17ClN2O3S. The van der Waals surface area contributed by atoms with Crippen molar-refractivity contribution in [3.63, 3.8) is 0 Å². The summed E-state index contributed by atoms with van der Waals surface area (Å²) < 4.78 is 27.5. The SMILES string of the molecule is O=C(CN1c2ccc(Cl)cc2-c2ccccc2S1(=O)=O)NCc1ccccc1. The number of carbonyl (C=O) groups excluding carboxylic acids is 1. The Morgan fingerprint density at radius 2 is 1.64 bits per heavy atom. The summed E-state index contributed by atoms with van der Waals surface area (Å²) in [6.07, 6.45) is 0. The molecule has 0 saturated carbocycles. The average molecular weight is 413 g/mol. The van der Waals surface area contributed by atoms with Gasteiger partial charge in [-0.25, -0.2) is 8.42 Å². The van der Waals surface area contributed by atoms with Crippen LogP contribution in [-0.4, -0.2) is 20.9 Å². The second-order valence-corrected chi connectivity index (χ2v) is 8.70. The fourth-order valence-corrected chi connectivity index (χ4v) is 5.08. The van der Waals surface area contributed by atoms with Crippen LogP contribution in [0.2, 0.25) is 5.02 Å². The maximum atomic E-state index is 13.2. The third-order valence-corrected chi connectivity index (χ3v) is 6.65. The van der Waals surface area contributed by atoms with Gasteiger partial charge in [-0.2, -0.15) is 0 Å². The number of sulfonamides is 1. The summed E-state index contributed by atoms with van der Waals surface area (Å²) in [5.41, 5.74) is 2.66. The third-order valence-electron chi connectivity index (χ3n) is 4.59. The molecule has 1 aliphatic heterocycles. The van der Waals surface area contributed by atoms with Gasteiger partial charge in [0, 0.05) is 22.7 Å². The van der Waals surface area contributed by atoms with Gasteiger partial charge in [-0.3, -0.25) is 9.10 Å². The first-order valence-corrected chi connectivity index (χ1v) is 10.5. The summed E-state index contributed by atoms with van der Waals surface area (Å²) in [4.78, 5) is 12.7. The Hall–Kier alpha value is -2.83. The lowest BCUT2D eigenvalue weighted by Gasteiger charge is -2.31. The number of amides is 1. The summed E-state index contributed by atoms with van der Waals surface area (Å²) in [6.45, 7) is 0.0236. The lowest BCUT2D eigenvalue weighted by molar-refractivity contribution is -0.119. The minimum atomic E-state index is -3.86. The summed E-state index contributed by atoms with van der Waals surface area (Å²) in [5, 5.41) is 3.28. The molecule has 4 rings (SSSR count). The average Bonchev–Trinajstić information content (AvgIpc) is 2.71. The first kappa shape index (κ1) is 18.5. The molecule has 0 spiro atoms. The molecule has 1 amide bonds. The van der Waals surface area contributed by atoms with E-state index in [9.17, 15) is 13.2 Å². The van der Waals surface area contributed by atoms with E-state index in [1.165, 1.54) is 0 Å². The summed E-state index contributed by atoms with van der Waals surface area (Å²) in [5.74, 6) is -0.382. The third kappa shape index (κ3) is 3.37. The molecule has 0 fully saturated rings. The second kappa shape index (κ2) is 7.30. The van der Waals surface area contributed by atoms with Crippen molar-refractivity contribution in [1.82, 2.24) is 5.32 Å². The van der Waals surface area contributed by atoms with Gasteiger partial charge in [0.05, 0.1) is 10.6 Å². The van der Waals surface area contributed by atoms with Gasteiger partial charge in [-0.05, 0) is 29.8 Å². The molecule has 5 nitrogen and oxygen atoms in total. The van der Waals surface area contributed by atoms with Crippen LogP contribution in [0.25, 0.3) is 11.1 Å². The van der Waals surface area contributed by atoms with Crippen molar-refractivity contribution < 1.29 is 13.2 Å². The number of fused-ring (bicyclic) bond motifs is 3. The Kier molecular flexibility index (Phi) is 4.83. The Morgan fingerprint density at radius 1 is 0.929 bits per heavy atom. The predicted octanol–water partition coefficient (Wildman–Crippen LogP) is 3.83. The van der Waals surface area contributed by atoms with Crippen molar-refractivity contribution in [3.8, 4) is 11.1 Å². The highest BCUT2D eigenvalue weighted by molar-refractivity contribution is 7.93. The molecule has 1 heterocycles. The number of benzene rings is 3. The molecule has 3 aromatic rings. The fraction of sp³-hybridized carbons (Fsp3) is 0.0952. The summed E-state index contributed by atoms with van der Waals surface area (Å²) in [7, 11) is -3.86. The van der Waals surface area contributed by atoms with E-state index in [2.05, 4.69) is 5.32 Å². The minimum Gasteiger partial charge on any atom is -0.350 e. The summed E-state index contributed by atoms with van der Waals surface area (Å²) >= 11 is 6.14. The zero-order chi connectivity index (χ0) is 19.7. The quantitative estimate of drug-likeness (QED) is 0.708. The zero-order valence-corrected chi connectivity index (χ0v) is 16.4. The number of halogens is 1. The molecule has 0 bridgehead atoms. The van der Waals surface area contributed by atoms with Gasteiger partial charge in [0.1, 0.15) is 6.54 Å². The molecule has 7 heteroatoms. The van der Waals surface area contributed by atoms with Crippen LogP contribution in [0.1, 0.15) is 5.56 Å². The van der Waals surface area contributed by atoms with Crippen LogP contribution in [0.5, 0.6) is 0 Å². The van der Waals surface area contributed by atoms with Crippen molar-refractivity contribution in [2.24, 2.45) is 0 Å². The highest BCUT2D eigenvalue weighted by Gasteiger charge is 2.35. The topological polar surface area (TPSA) is 66.5 Å². The van der Waals surface area contributed by atoms with E-state index in [1.54, 1.807) is 42.5 Å². The first-order valence-electron chi connectivity index (χ1n) is 8.69. The minimum absolute atomic E-state index is 0.167.